The summed E-state index contributed by atoms with van der Waals surface area (Å²) in [5.74, 6) is 2.90. The van der Waals surface area contributed by atoms with Crippen LogP contribution in [0.25, 0.3) is 22.2 Å². The predicted octanol–water partition coefficient (Wildman–Crippen LogP) is 3.89. The minimum absolute atomic E-state index is 0.0748. The number of aryl methyl sites for hydroxylation is 2. The van der Waals surface area contributed by atoms with E-state index < -0.39 is 0 Å². The number of aliphatic hydroxyl groups is 1. The molecule has 4 aromatic rings. The molecule has 1 unspecified atom stereocenters. The van der Waals surface area contributed by atoms with E-state index >= 15 is 0 Å². The Hall–Kier alpha value is -3.39. The minimum atomic E-state index is -0.0748. The van der Waals surface area contributed by atoms with Crippen molar-refractivity contribution in [2.24, 2.45) is 5.92 Å². The number of hydrogen-bond donors (Lipinski definition) is 1. The first-order valence-corrected chi connectivity index (χ1v) is 11.5. The van der Waals surface area contributed by atoms with Crippen LogP contribution >= 0.6 is 0 Å². The average Bonchev–Trinajstić information content (AvgIpc) is 3.41. The Morgan fingerprint density at radius 2 is 1.97 bits per heavy atom. The molecule has 33 heavy (non-hydrogen) atoms. The highest BCUT2D eigenvalue weighted by atomic mass is 16.5. The first-order chi connectivity index (χ1) is 16.2. The number of aliphatic hydroxyl groups excluding tert-OH is 1. The fourth-order valence-electron chi connectivity index (χ4n) is 5.22. The standard InChI is InChI=1S/C25H27N5O3/c1-15-22(16(2)33-28-15)18-6-7-20-23-24(18)32-14-21(19-5-3-4-10-26-19)30(23)25(27-20)29-11-8-17(13-31)9-12-29/h3-7,10,17,21,31H,8-9,11-14H2,1-2H3. The Morgan fingerprint density at radius 3 is 2.67 bits per heavy atom. The lowest BCUT2D eigenvalue weighted by Crippen LogP contribution is -2.38. The Kier molecular flexibility index (Phi) is 4.83. The van der Waals surface area contributed by atoms with Gasteiger partial charge in [-0.05, 0) is 56.9 Å². The molecule has 2 aliphatic rings. The fraction of sp³-hybridized carbons (Fsp3) is 0.400. The number of aromatic nitrogens is 4. The van der Waals surface area contributed by atoms with Gasteiger partial charge in [-0.1, -0.05) is 11.2 Å². The van der Waals surface area contributed by atoms with Crippen LogP contribution in [0.15, 0.2) is 41.1 Å². The van der Waals surface area contributed by atoms with E-state index in [1.165, 1.54) is 0 Å². The van der Waals surface area contributed by atoms with Crippen molar-refractivity contribution >= 4 is 17.0 Å². The number of rotatable bonds is 4. The van der Waals surface area contributed by atoms with Gasteiger partial charge in [0.2, 0.25) is 5.95 Å². The molecular formula is C25H27N5O3. The third-order valence-electron chi connectivity index (χ3n) is 6.97. The van der Waals surface area contributed by atoms with Crippen LogP contribution in [0.5, 0.6) is 5.75 Å². The van der Waals surface area contributed by atoms with Crippen molar-refractivity contribution in [1.29, 1.82) is 0 Å². The van der Waals surface area contributed by atoms with Crippen LogP contribution in [0.2, 0.25) is 0 Å². The zero-order chi connectivity index (χ0) is 22.5. The summed E-state index contributed by atoms with van der Waals surface area (Å²) in [4.78, 5) is 12.1. The summed E-state index contributed by atoms with van der Waals surface area (Å²) in [6, 6.07) is 10.0. The van der Waals surface area contributed by atoms with Crippen LogP contribution in [0.1, 0.15) is 36.0 Å². The number of imidazole rings is 1. The SMILES string of the molecule is Cc1noc(C)c1-c1ccc2nc(N3CCC(CO)CC3)n3c2c1OCC3c1ccccn1. The number of nitrogens with zero attached hydrogens (tertiary/aromatic N) is 5. The number of anilines is 1. The lowest BCUT2D eigenvalue weighted by Gasteiger charge is -2.35. The second-order valence-corrected chi connectivity index (χ2v) is 8.99. The molecule has 1 saturated heterocycles. The third-order valence-corrected chi connectivity index (χ3v) is 6.97. The fourth-order valence-corrected chi connectivity index (χ4v) is 5.22. The highest BCUT2D eigenvalue weighted by Crippen LogP contribution is 2.46. The van der Waals surface area contributed by atoms with Gasteiger partial charge in [0, 0.05) is 31.5 Å². The number of hydrogen-bond acceptors (Lipinski definition) is 7. The Bertz CT molecular complexity index is 1290. The molecule has 0 spiro atoms. The molecule has 1 fully saturated rings. The lowest BCUT2D eigenvalue weighted by atomic mass is 9.98. The maximum Gasteiger partial charge on any atom is 0.207 e. The minimum Gasteiger partial charge on any atom is -0.488 e. The molecule has 0 radical (unpaired) electrons. The molecule has 0 aliphatic carbocycles. The average molecular weight is 446 g/mol. The summed E-state index contributed by atoms with van der Waals surface area (Å²) in [6.07, 6.45) is 3.75. The van der Waals surface area contributed by atoms with E-state index in [0.29, 0.717) is 12.5 Å². The zero-order valence-corrected chi connectivity index (χ0v) is 18.9. The lowest BCUT2D eigenvalue weighted by molar-refractivity contribution is 0.201. The van der Waals surface area contributed by atoms with Crippen molar-refractivity contribution in [2.75, 3.05) is 31.2 Å². The first-order valence-electron chi connectivity index (χ1n) is 11.5. The van der Waals surface area contributed by atoms with Gasteiger partial charge in [0.25, 0.3) is 0 Å². The highest BCUT2D eigenvalue weighted by Gasteiger charge is 2.34. The van der Waals surface area contributed by atoms with Crippen molar-refractivity contribution in [3.63, 3.8) is 0 Å². The molecule has 1 N–H and O–H groups in total. The van der Waals surface area contributed by atoms with Gasteiger partial charge in [-0.2, -0.15) is 0 Å². The highest BCUT2D eigenvalue weighted by molar-refractivity contribution is 5.94. The van der Waals surface area contributed by atoms with E-state index in [1.807, 2.05) is 38.2 Å². The van der Waals surface area contributed by atoms with Crippen LogP contribution in [-0.2, 0) is 0 Å². The molecule has 3 aromatic heterocycles. The zero-order valence-electron chi connectivity index (χ0n) is 18.9. The first kappa shape index (κ1) is 20.2. The normalized spacial score (nSPS) is 18.6. The molecule has 1 aromatic carbocycles. The molecule has 0 bridgehead atoms. The summed E-state index contributed by atoms with van der Waals surface area (Å²) >= 11 is 0. The van der Waals surface area contributed by atoms with Crippen LogP contribution in [0.4, 0.5) is 5.95 Å². The van der Waals surface area contributed by atoms with Crippen molar-refractivity contribution in [1.82, 2.24) is 19.7 Å². The van der Waals surface area contributed by atoms with Gasteiger partial charge in [-0.25, -0.2) is 4.98 Å². The van der Waals surface area contributed by atoms with E-state index in [4.69, 9.17) is 14.2 Å². The largest absolute Gasteiger partial charge is 0.488 e. The van der Waals surface area contributed by atoms with Crippen molar-refractivity contribution in [2.45, 2.75) is 32.7 Å². The Labute approximate surface area is 191 Å². The van der Waals surface area contributed by atoms with Crippen LogP contribution in [0, 0.1) is 19.8 Å². The van der Waals surface area contributed by atoms with Gasteiger partial charge in [0.1, 0.15) is 23.9 Å². The van der Waals surface area contributed by atoms with Crippen LogP contribution in [0.3, 0.4) is 0 Å². The molecule has 0 amide bonds. The molecule has 0 saturated carbocycles. The van der Waals surface area contributed by atoms with Gasteiger partial charge in [0.05, 0.1) is 22.5 Å². The summed E-state index contributed by atoms with van der Waals surface area (Å²) < 4.78 is 14.2. The van der Waals surface area contributed by atoms with Gasteiger partial charge >= 0.3 is 0 Å². The van der Waals surface area contributed by atoms with Crippen molar-refractivity contribution in [3.05, 3.63) is 53.7 Å². The Morgan fingerprint density at radius 1 is 1.12 bits per heavy atom. The van der Waals surface area contributed by atoms with E-state index in [2.05, 4.69) is 31.7 Å². The Balaban J connectivity index is 1.56. The number of pyridine rings is 1. The third kappa shape index (κ3) is 3.20. The van der Waals surface area contributed by atoms with Gasteiger partial charge in [-0.15, -0.1) is 0 Å². The van der Waals surface area contributed by atoms with E-state index in [0.717, 1.165) is 76.9 Å². The molecular weight excluding hydrogens is 418 g/mol. The van der Waals surface area contributed by atoms with Gasteiger partial charge < -0.3 is 19.3 Å². The summed E-state index contributed by atoms with van der Waals surface area (Å²) in [5.41, 5.74) is 5.63. The van der Waals surface area contributed by atoms with E-state index in [9.17, 15) is 5.11 Å². The van der Waals surface area contributed by atoms with Crippen LogP contribution < -0.4 is 9.64 Å². The van der Waals surface area contributed by atoms with Gasteiger partial charge in [0.15, 0.2) is 5.75 Å². The molecule has 8 heteroatoms. The van der Waals surface area contributed by atoms with Gasteiger partial charge in [-0.3, -0.25) is 9.55 Å². The molecule has 2 aliphatic heterocycles. The predicted molar refractivity (Wildman–Crippen MR) is 125 cm³/mol. The number of benzene rings is 1. The molecule has 8 nitrogen and oxygen atoms in total. The summed E-state index contributed by atoms with van der Waals surface area (Å²) in [7, 11) is 0. The maximum atomic E-state index is 9.59. The molecule has 1 atom stereocenters. The monoisotopic (exact) mass is 445 g/mol. The smallest absolute Gasteiger partial charge is 0.207 e. The molecule has 5 heterocycles. The quantitative estimate of drug-likeness (QED) is 0.510. The molecule has 6 rings (SSSR count). The van der Waals surface area contributed by atoms with Crippen molar-refractivity contribution < 1.29 is 14.4 Å². The molecule has 170 valence electrons. The van der Waals surface area contributed by atoms with Crippen LogP contribution in [-0.4, -0.2) is 51.1 Å². The van der Waals surface area contributed by atoms with E-state index in [1.54, 1.807) is 0 Å². The number of ether oxygens (including phenoxy) is 1. The summed E-state index contributed by atoms with van der Waals surface area (Å²) in [5, 5.41) is 13.7. The number of piperidine rings is 1. The van der Waals surface area contributed by atoms with E-state index in [-0.39, 0.29) is 12.6 Å². The maximum absolute atomic E-state index is 9.59. The summed E-state index contributed by atoms with van der Waals surface area (Å²) in [6.45, 7) is 6.35. The second-order valence-electron chi connectivity index (χ2n) is 8.99. The topological polar surface area (TPSA) is 89.4 Å². The second kappa shape index (κ2) is 7.88. The van der Waals surface area contributed by atoms with Crippen molar-refractivity contribution in [3.8, 4) is 16.9 Å².